The minimum absolute atomic E-state index is 0.0474. The van der Waals surface area contributed by atoms with Crippen LogP contribution in [0.5, 0.6) is 0 Å². The molecule has 124 valence electrons. The molecule has 1 aromatic heterocycles. The Morgan fingerprint density at radius 2 is 2.35 bits per heavy atom. The van der Waals surface area contributed by atoms with Gasteiger partial charge in [0.05, 0.1) is 26.2 Å². The number of azide groups is 1. The Morgan fingerprint density at radius 3 is 3.00 bits per heavy atom. The second kappa shape index (κ2) is 7.12. The van der Waals surface area contributed by atoms with Crippen LogP contribution in [0.15, 0.2) is 20.9 Å². The highest BCUT2D eigenvalue weighted by molar-refractivity contribution is 5.69. The van der Waals surface area contributed by atoms with E-state index in [1.807, 2.05) is 0 Å². The number of carbonyl (C=O) groups excluding carboxylic acids is 1. The molecule has 3 atom stereocenters. The molecule has 1 aromatic rings. The normalized spacial score (nSPS) is 23.3. The van der Waals surface area contributed by atoms with Gasteiger partial charge in [0, 0.05) is 22.6 Å². The lowest BCUT2D eigenvalue weighted by Gasteiger charge is -2.15. The lowest BCUT2D eigenvalue weighted by atomic mass is 9.97. The smallest absolute Gasteiger partial charge is 0.330 e. The van der Waals surface area contributed by atoms with Crippen molar-refractivity contribution in [2.75, 3.05) is 13.7 Å². The number of hydrogen-bond acceptors (Lipinski definition) is 6. The Kier molecular flexibility index (Phi) is 5.20. The summed E-state index contributed by atoms with van der Waals surface area (Å²) < 4.78 is 11.7. The van der Waals surface area contributed by atoms with Crippen molar-refractivity contribution >= 4 is 5.97 Å². The molecule has 0 amide bonds. The van der Waals surface area contributed by atoms with Crippen LogP contribution in [0.25, 0.3) is 10.4 Å². The summed E-state index contributed by atoms with van der Waals surface area (Å²) in [6.07, 6.45) is 0.722. The van der Waals surface area contributed by atoms with Gasteiger partial charge in [0.15, 0.2) is 0 Å². The first-order valence-corrected chi connectivity index (χ1v) is 7.01. The number of nitrogens with zero attached hydrogens (tertiary/aromatic N) is 4. The summed E-state index contributed by atoms with van der Waals surface area (Å²) in [4.78, 5) is 39.8. The van der Waals surface area contributed by atoms with E-state index in [-0.39, 0.29) is 18.9 Å². The molecule has 0 aromatic carbocycles. The van der Waals surface area contributed by atoms with Crippen LogP contribution in [0.1, 0.15) is 24.6 Å². The summed E-state index contributed by atoms with van der Waals surface area (Å²) in [6.45, 7) is 1.62. The van der Waals surface area contributed by atoms with E-state index < -0.39 is 29.6 Å². The van der Waals surface area contributed by atoms with E-state index in [9.17, 15) is 14.4 Å². The number of hydrogen-bond donors (Lipinski definition) is 1. The lowest BCUT2D eigenvalue weighted by Crippen LogP contribution is -2.33. The van der Waals surface area contributed by atoms with Crippen LogP contribution in [-0.4, -0.2) is 35.3 Å². The molecular formula is C13H17N5O5. The minimum atomic E-state index is -0.647. The predicted molar refractivity (Wildman–Crippen MR) is 78.7 cm³/mol. The standard InChI is InChI=1S/C13H17N5O5/c1-7-6-18(13(21)16-12(7)20)10-3-8(4-11(19)22-2)9(23-10)5-15-17-14/h6,8-10H,3-5H2,1-2H3,(H,16,20,21)/t8-,9-,10-/m1/s1. The SMILES string of the molecule is COC(=O)C[C@H]1C[C@H](n2cc(C)c(=O)[nH]c2=O)O[C@@H]1CN=[N+]=[N-]. The monoisotopic (exact) mass is 323 g/mol. The van der Waals surface area contributed by atoms with Crippen LogP contribution < -0.4 is 11.2 Å². The van der Waals surface area contributed by atoms with Gasteiger partial charge < -0.3 is 9.47 Å². The van der Waals surface area contributed by atoms with Gasteiger partial charge in [-0.1, -0.05) is 5.11 Å². The van der Waals surface area contributed by atoms with Gasteiger partial charge in [-0.3, -0.25) is 19.1 Å². The van der Waals surface area contributed by atoms with Crippen LogP contribution >= 0.6 is 0 Å². The van der Waals surface area contributed by atoms with Gasteiger partial charge in [0.25, 0.3) is 5.56 Å². The topological polar surface area (TPSA) is 139 Å². The fourth-order valence-corrected chi connectivity index (χ4v) is 2.58. The third-order valence-electron chi connectivity index (χ3n) is 3.80. The molecule has 1 saturated heterocycles. The van der Waals surface area contributed by atoms with E-state index in [4.69, 9.17) is 10.3 Å². The van der Waals surface area contributed by atoms with Gasteiger partial charge in [-0.25, -0.2) is 4.79 Å². The average Bonchev–Trinajstić information content (AvgIpc) is 2.91. The zero-order chi connectivity index (χ0) is 17.0. The van der Waals surface area contributed by atoms with E-state index in [0.717, 1.165) is 0 Å². The van der Waals surface area contributed by atoms with Crippen molar-refractivity contribution in [1.82, 2.24) is 9.55 Å². The summed E-state index contributed by atoms with van der Waals surface area (Å²) in [5.41, 5.74) is 7.77. The minimum Gasteiger partial charge on any atom is -0.469 e. The average molecular weight is 323 g/mol. The van der Waals surface area contributed by atoms with E-state index >= 15 is 0 Å². The maximum absolute atomic E-state index is 11.9. The molecule has 10 nitrogen and oxygen atoms in total. The Bertz CT molecular complexity index is 748. The van der Waals surface area contributed by atoms with Crippen molar-refractivity contribution in [3.63, 3.8) is 0 Å². The molecule has 0 aliphatic carbocycles. The number of nitrogens with one attached hydrogen (secondary N) is 1. The molecule has 0 spiro atoms. The molecule has 0 bridgehead atoms. The fourth-order valence-electron chi connectivity index (χ4n) is 2.58. The van der Waals surface area contributed by atoms with Crippen molar-refractivity contribution in [1.29, 1.82) is 0 Å². The second-order valence-electron chi connectivity index (χ2n) is 5.30. The predicted octanol–water partition coefficient (Wildman–Crippen LogP) is 0.622. The van der Waals surface area contributed by atoms with E-state index in [2.05, 4.69) is 19.7 Å². The molecule has 1 aliphatic heterocycles. The maximum atomic E-state index is 11.9. The van der Waals surface area contributed by atoms with Crippen molar-refractivity contribution in [3.8, 4) is 0 Å². The summed E-state index contributed by atoms with van der Waals surface area (Å²) in [5.74, 6) is -0.660. The van der Waals surface area contributed by atoms with E-state index in [1.165, 1.54) is 17.9 Å². The Labute approximate surface area is 130 Å². The zero-order valence-corrected chi connectivity index (χ0v) is 12.8. The Balaban J connectivity index is 2.26. The summed E-state index contributed by atoms with van der Waals surface area (Å²) in [7, 11) is 1.29. The molecule has 23 heavy (non-hydrogen) atoms. The van der Waals surface area contributed by atoms with Gasteiger partial charge in [0.2, 0.25) is 0 Å². The first kappa shape index (κ1) is 16.8. The molecule has 1 aliphatic rings. The molecule has 0 radical (unpaired) electrons. The van der Waals surface area contributed by atoms with Crippen LogP contribution in [-0.2, 0) is 14.3 Å². The van der Waals surface area contributed by atoms with Crippen molar-refractivity contribution in [2.24, 2.45) is 11.0 Å². The molecule has 10 heteroatoms. The maximum Gasteiger partial charge on any atom is 0.330 e. The molecule has 1 N–H and O–H groups in total. The number of aromatic amines is 1. The highest BCUT2D eigenvalue weighted by Crippen LogP contribution is 2.35. The fraction of sp³-hybridized carbons (Fsp3) is 0.615. The number of ether oxygens (including phenoxy) is 2. The molecule has 1 fully saturated rings. The number of aromatic nitrogens is 2. The first-order valence-electron chi connectivity index (χ1n) is 7.01. The number of carbonyl (C=O) groups is 1. The number of H-pyrrole nitrogens is 1. The highest BCUT2D eigenvalue weighted by Gasteiger charge is 2.37. The largest absolute Gasteiger partial charge is 0.469 e. The number of methoxy groups -OCH3 is 1. The Hall–Kier alpha value is -2.58. The van der Waals surface area contributed by atoms with Gasteiger partial charge in [0.1, 0.15) is 6.23 Å². The first-order chi connectivity index (χ1) is 11.0. The second-order valence-corrected chi connectivity index (χ2v) is 5.30. The van der Waals surface area contributed by atoms with Crippen LogP contribution in [0.3, 0.4) is 0 Å². The van der Waals surface area contributed by atoms with Crippen LogP contribution in [0, 0.1) is 12.8 Å². The molecule has 0 unspecified atom stereocenters. The third-order valence-corrected chi connectivity index (χ3v) is 3.80. The number of esters is 1. The number of rotatable bonds is 5. The van der Waals surface area contributed by atoms with Crippen LogP contribution in [0.2, 0.25) is 0 Å². The Morgan fingerprint density at radius 1 is 1.61 bits per heavy atom. The third kappa shape index (κ3) is 3.79. The van der Waals surface area contributed by atoms with Crippen molar-refractivity contribution in [3.05, 3.63) is 43.0 Å². The van der Waals surface area contributed by atoms with Crippen LogP contribution in [0.4, 0.5) is 0 Å². The molecule has 2 rings (SSSR count). The molecule has 0 saturated carbocycles. The van der Waals surface area contributed by atoms with Gasteiger partial charge in [-0.15, -0.1) is 0 Å². The van der Waals surface area contributed by atoms with Gasteiger partial charge >= 0.3 is 11.7 Å². The zero-order valence-electron chi connectivity index (χ0n) is 12.8. The van der Waals surface area contributed by atoms with Crippen molar-refractivity contribution < 1.29 is 14.3 Å². The molecule has 2 heterocycles. The summed E-state index contributed by atoms with van der Waals surface area (Å²) in [6, 6.07) is 0. The van der Waals surface area contributed by atoms with E-state index in [1.54, 1.807) is 6.92 Å². The number of aryl methyl sites for hydroxylation is 1. The summed E-state index contributed by atoms with van der Waals surface area (Å²) >= 11 is 0. The van der Waals surface area contributed by atoms with E-state index in [0.29, 0.717) is 12.0 Å². The van der Waals surface area contributed by atoms with Crippen molar-refractivity contribution in [2.45, 2.75) is 32.1 Å². The van der Waals surface area contributed by atoms with Gasteiger partial charge in [-0.05, 0) is 18.9 Å². The summed E-state index contributed by atoms with van der Waals surface area (Å²) in [5, 5.41) is 3.48. The molecular weight excluding hydrogens is 306 g/mol. The quantitative estimate of drug-likeness (QED) is 0.366. The van der Waals surface area contributed by atoms with Gasteiger partial charge in [-0.2, -0.15) is 0 Å². The highest BCUT2D eigenvalue weighted by atomic mass is 16.5. The lowest BCUT2D eigenvalue weighted by molar-refractivity contribution is -0.142.